The van der Waals surface area contributed by atoms with E-state index in [9.17, 15) is 9.90 Å². The minimum atomic E-state index is 0.0519. The predicted octanol–water partition coefficient (Wildman–Crippen LogP) is 4.86. The second-order valence-corrected chi connectivity index (χ2v) is 9.98. The smallest absolute Gasteiger partial charge is 0.318 e. The zero-order valence-electron chi connectivity index (χ0n) is 18.9. The molecule has 2 aliphatic heterocycles. The Morgan fingerprint density at radius 3 is 2.71 bits per heavy atom. The van der Waals surface area contributed by atoms with Gasteiger partial charge < -0.3 is 20.2 Å². The highest BCUT2D eigenvalue weighted by Gasteiger charge is 2.48. The molecule has 2 amide bonds. The SMILES string of the molecule is CN1c2ccc(C3=CCCCC3)cc2[C@@H]2[C@@H](CCN2C(=O)NC2CCCCC2)[C@H]1CO. The summed E-state index contributed by atoms with van der Waals surface area (Å²) < 4.78 is 0. The summed E-state index contributed by atoms with van der Waals surface area (Å²) in [5, 5.41) is 13.6. The third kappa shape index (κ3) is 3.86. The molecule has 31 heavy (non-hydrogen) atoms. The first-order chi connectivity index (χ1) is 15.2. The summed E-state index contributed by atoms with van der Waals surface area (Å²) in [5.74, 6) is 0.273. The van der Waals surface area contributed by atoms with Gasteiger partial charge in [-0.1, -0.05) is 31.4 Å². The van der Waals surface area contributed by atoms with Crippen molar-refractivity contribution >= 4 is 17.3 Å². The van der Waals surface area contributed by atoms with Gasteiger partial charge in [0.2, 0.25) is 0 Å². The van der Waals surface area contributed by atoms with E-state index in [-0.39, 0.29) is 30.6 Å². The van der Waals surface area contributed by atoms with Crippen LogP contribution >= 0.6 is 0 Å². The Labute approximate surface area is 186 Å². The molecule has 1 aromatic rings. The van der Waals surface area contributed by atoms with Crippen LogP contribution in [0.5, 0.6) is 0 Å². The Morgan fingerprint density at radius 2 is 1.97 bits per heavy atom. The lowest BCUT2D eigenvalue weighted by molar-refractivity contribution is 0.156. The predicted molar refractivity (Wildman–Crippen MR) is 125 cm³/mol. The van der Waals surface area contributed by atoms with E-state index in [4.69, 9.17) is 0 Å². The molecule has 0 radical (unpaired) electrons. The van der Waals surface area contributed by atoms with Crippen molar-refractivity contribution in [2.45, 2.75) is 82.3 Å². The molecule has 0 bridgehead atoms. The summed E-state index contributed by atoms with van der Waals surface area (Å²) in [6, 6.07) is 7.32. The minimum Gasteiger partial charge on any atom is -0.394 e. The molecule has 2 fully saturated rings. The van der Waals surface area contributed by atoms with Gasteiger partial charge in [-0.15, -0.1) is 0 Å². The molecule has 1 aromatic carbocycles. The molecular formula is C26H37N3O2. The van der Waals surface area contributed by atoms with Crippen LogP contribution in [0.1, 0.15) is 81.4 Å². The molecule has 168 valence electrons. The third-order valence-corrected chi connectivity index (χ3v) is 8.20. The number of aliphatic hydroxyl groups excluding tert-OH is 1. The van der Waals surface area contributed by atoms with Gasteiger partial charge in [0, 0.05) is 31.2 Å². The molecule has 5 rings (SSSR count). The molecule has 5 heteroatoms. The lowest BCUT2D eigenvalue weighted by Crippen LogP contribution is -2.50. The molecule has 3 atom stereocenters. The topological polar surface area (TPSA) is 55.8 Å². The maximum absolute atomic E-state index is 13.4. The number of rotatable bonds is 3. The minimum absolute atomic E-state index is 0.0519. The average molecular weight is 424 g/mol. The average Bonchev–Trinajstić information content (AvgIpc) is 3.26. The molecule has 2 N–H and O–H groups in total. The van der Waals surface area contributed by atoms with E-state index >= 15 is 0 Å². The Hall–Kier alpha value is -2.01. The number of benzene rings is 1. The standard InChI is InChI=1S/C26H37N3O2/c1-28-23-13-12-19(18-8-4-2-5-9-18)16-22(23)25-21(24(28)17-30)14-15-29(25)26(31)27-20-10-6-3-7-11-20/h8,12-13,16,20-21,24-25,30H,2-7,9-11,14-15,17H2,1H3,(H,27,31)/t21-,24+,25-/m0/s1. The zero-order chi connectivity index (χ0) is 21.4. The van der Waals surface area contributed by atoms with Crippen molar-refractivity contribution in [2.24, 2.45) is 5.92 Å². The maximum Gasteiger partial charge on any atom is 0.318 e. The second-order valence-electron chi connectivity index (χ2n) is 9.98. The first-order valence-electron chi connectivity index (χ1n) is 12.4. The number of nitrogens with zero attached hydrogens (tertiary/aromatic N) is 2. The molecule has 1 saturated carbocycles. The monoisotopic (exact) mass is 423 g/mol. The molecule has 5 nitrogen and oxygen atoms in total. The summed E-state index contributed by atoms with van der Waals surface area (Å²) in [6.45, 7) is 0.896. The molecule has 2 aliphatic carbocycles. The first-order valence-corrected chi connectivity index (χ1v) is 12.4. The number of allylic oxidation sites excluding steroid dienone is 2. The summed E-state index contributed by atoms with van der Waals surface area (Å²) in [7, 11) is 2.10. The Kier molecular flexibility index (Phi) is 5.96. The van der Waals surface area contributed by atoms with E-state index < -0.39 is 0 Å². The zero-order valence-corrected chi connectivity index (χ0v) is 18.9. The number of urea groups is 1. The van der Waals surface area contributed by atoms with Crippen LogP contribution in [0, 0.1) is 5.92 Å². The molecule has 0 aromatic heterocycles. The quantitative estimate of drug-likeness (QED) is 0.730. The lowest BCUT2D eigenvalue weighted by Gasteiger charge is -2.44. The van der Waals surface area contributed by atoms with Crippen molar-refractivity contribution in [3.05, 3.63) is 35.4 Å². The normalized spacial score (nSPS) is 28.7. The van der Waals surface area contributed by atoms with Crippen LogP contribution in [0.2, 0.25) is 0 Å². The van der Waals surface area contributed by atoms with Crippen LogP contribution in [-0.2, 0) is 0 Å². The number of amides is 2. The van der Waals surface area contributed by atoms with E-state index in [1.807, 2.05) is 0 Å². The van der Waals surface area contributed by atoms with Crippen molar-refractivity contribution in [2.75, 3.05) is 25.1 Å². The largest absolute Gasteiger partial charge is 0.394 e. The van der Waals surface area contributed by atoms with Crippen LogP contribution in [0.3, 0.4) is 0 Å². The van der Waals surface area contributed by atoms with Crippen LogP contribution in [0.4, 0.5) is 10.5 Å². The molecule has 0 unspecified atom stereocenters. The van der Waals surface area contributed by atoms with Crippen molar-refractivity contribution in [3.63, 3.8) is 0 Å². The number of aliphatic hydroxyl groups is 1. The summed E-state index contributed by atoms with van der Waals surface area (Å²) >= 11 is 0. The molecule has 2 heterocycles. The number of likely N-dealkylation sites (tertiary alicyclic amines) is 1. The van der Waals surface area contributed by atoms with Gasteiger partial charge in [-0.2, -0.15) is 0 Å². The third-order valence-electron chi connectivity index (χ3n) is 8.20. The molecule has 0 spiro atoms. The first kappa shape index (κ1) is 20.9. The number of likely N-dealkylation sites (N-methyl/N-ethyl adjacent to an activating group) is 1. The highest BCUT2D eigenvalue weighted by atomic mass is 16.3. The lowest BCUT2D eigenvalue weighted by atomic mass is 9.80. The fourth-order valence-electron chi connectivity index (χ4n) is 6.49. The van der Waals surface area contributed by atoms with Gasteiger partial charge in [0.1, 0.15) is 0 Å². The van der Waals surface area contributed by atoms with Gasteiger partial charge >= 0.3 is 6.03 Å². The van der Waals surface area contributed by atoms with Crippen LogP contribution < -0.4 is 10.2 Å². The number of anilines is 1. The van der Waals surface area contributed by atoms with E-state index in [1.165, 1.54) is 55.2 Å². The van der Waals surface area contributed by atoms with Crippen molar-refractivity contribution in [1.82, 2.24) is 10.2 Å². The van der Waals surface area contributed by atoms with Gasteiger partial charge in [0.25, 0.3) is 0 Å². The van der Waals surface area contributed by atoms with Crippen LogP contribution in [-0.4, -0.2) is 48.3 Å². The number of carbonyl (C=O) groups excluding carboxylic acids is 1. The second kappa shape index (κ2) is 8.85. The maximum atomic E-state index is 13.4. The number of carbonyl (C=O) groups is 1. The number of nitrogens with one attached hydrogen (secondary N) is 1. The summed E-state index contributed by atoms with van der Waals surface area (Å²) in [5.41, 5.74) is 5.19. The Morgan fingerprint density at radius 1 is 1.13 bits per heavy atom. The van der Waals surface area contributed by atoms with Gasteiger partial charge in [0.05, 0.1) is 18.7 Å². The highest BCUT2D eigenvalue weighted by Crippen LogP contribution is 2.49. The highest BCUT2D eigenvalue weighted by molar-refractivity contribution is 5.77. The molecular weight excluding hydrogens is 386 g/mol. The van der Waals surface area contributed by atoms with Gasteiger partial charge in [-0.25, -0.2) is 4.79 Å². The van der Waals surface area contributed by atoms with Crippen molar-refractivity contribution in [1.29, 1.82) is 0 Å². The van der Waals surface area contributed by atoms with E-state index in [0.717, 1.165) is 37.9 Å². The van der Waals surface area contributed by atoms with E-state index in [0.29, 0.717) is 6.04 Å². The van der Waals surface area contributed by atoms with E-state index in [2.05, 4.69) is 46.4 Å². The van der Waals surface area contributed by atoms with Crippen molar-refractivity contribution in [3.8, 4) is 0 Å². The fraction of sp³-hybridized carbons (Fsp3) is 0.654. The fourth-order valence-corrected chi connectivity index (χ4v) is 6.49. The Bertz CT molecular complexity index is 845. The number of hydrogen-bond donors (Lipinski definition) is 2. The van der Waals surface area contributed by atoms with Gasteiger partial charge in [0.15, 0.2) is 0 Å². The van der Waals surface area contributed by atoms with E-state index in [1.54, 1.807) is 0 Å². The van der Waals surface area contributed by atoms with Gasteiger partial charge in [-0.3, -0.25) is 0 Å². The summed E-state index contributed by atoms with van der Waals surface area (Å²) in [6.07, 6.45) is 14.1. The molecule has 4 aliphatic rings. The number of fused-ring (bicyclic) bond motifs is 3. The van der Waals surface area contributed by atoms with Crippen LogP contribution in [0.15, 0.2) is 24.3 Å². The van der Waals surface area contributed by atoms with Gasteiger partial charge in [-0.05, 0) is 73.8 Å². The molecule has 1 saturated heterocycles. The Balaban J connectivity index is 1.47. The van der Waals surface area contributed by atoms with Crippen LogP contribution in [0.25, 0.3) is 5.57 Å². The number of hydrogen-bond acceptors (Lipinski definition) is 3. The van der Waals surface area contributed by atoms with Crippen molar-refractivity contribution < 1.29 is 9.90 Å². The summed E-state index contributed by atoms with van der Waals surface area (Å²) in [4.78, 5) is 17.7.